The Morgan fingerprint density at radius 1 is 1.16 bits per heavy atom. The molecule has 108 valence electrons. The summed E-state index contributed by atoms with van der Waals surface area (Å²) in [5.74, 6) is 0. The van der Waals surface area contributed by atoms with Crippen molar-refractivity contribution in [1.82, 2.24) is 9.80 Å². The standard InChI is InChI=1S/C15H26ClN3/c1-4-9-19(11-10-18(2)3)15(12-17)13-7-5-6-8-14(13)16/h5-8,15H,4,9-12,17H2,1-3H3. The second-order valence-corrected chi connectivity index (χ2v) is 5.52. The Morgan fingerprint density at radius 3 is 2.37 bits per heavy atom. The molecule has 1 unspecified atom stereocenters. The zero-order valence-electron chi connectivity index (χ0n) is 12.3. The third-order valence-corrected chi connectivity index (χ3v) is 3.62. The van der Waals surface area contributed by atoms with E-state index in [0.717, 1.165) is 36.6 Å². The normalized spacial score (nSPS) is 13.2. The lowest BCUT2D eigenvalue weighted by Crippen LogP contribution is -2.38. The first kappa shape index (κ1) is 16.4. The third kappa shape index (κ3) is 5.11. The molecule has 0 heterocycles. The van der Waals surface area contributed by atoms with Gasteiger partial charge >= 0.3 is 0 Å². The summed E-state index contributed by atoms with van der Waals surface area (Å²) in [5.41, 5.74) is 7.14. The largest absolute Gasteiger partial charge is 0.329 e. The minimum Gasteiger partial charge on any atom is -0.329 e. The van der Waals surface area contributed by atoms with Crippen LogP contribution in [0.4, 0.5) is 0 Å². The molecule has 1 rings (SSSR count). The average Bonchev–Trinajstić information content (AvgIpc) is 2.38. The lowest BCUT2D eigenvalue weighted by atomic mass is 10.0. The van der Waals surface area contributed by atoms with Crippen molar-refractivity contribution in [1.29, 1.82) is 0 Å². The van der Waals surface area contributed by atoms with Crippen LogP contribution in [0.5, 0.6) is 0 Å². The van der Waals surface area contributed by atoms with Crippen molar-refractivity contribution in [3.8, 4) is 0 Å². The van der Waals surface area contributed by atoms with Gasteiger partial charge in [0.15, 0.2) is 0 Å². The molecular weight excluding hydrogens is 258 g/mol. The first-order chi connectivity index (χ1) is 9.10. The number of likely N-dealkylation sites (N-methyl/N-ethyl adjacent to an activating group) is 1. The van der Waals surface area contributed by atoms with Gasteiger partial charge in [0.1, 0.15) is 0 Å². The van der Waals surface area contributed by atoms with Gasteiger partial charge in [0.25, 0.3) is 0 Å². The molecule has 19 heavy (non-hydrogen) atoms. The molecule has 0 bridgehead atoms. The number of nitrogens with two attached hydrogens (primary N) is 1. The van der Waals surface area contributed by atoms with Gasteiger partial charge in [-0.05, 0) is 38.7 Å². The zero-order chi connectivity index (χ0) is 14.3. The summed E-state index contributed by atoms with van der Waals surface area (Å²) in [7, 11) is 4.19. The van der Waals surface area contributed by atoms with Crippen LogP contribution in [0.1, 0.15) is 24.9 Å². The van der Waals surface area contributed by atoms with Crippen LogP contribution in [-0.4, -0.2) is 50.1 Å². The Morgan fingerprint density at radius 2 is 1.84 bits per heavy atom. The number of rotatable bonds is 8. The summed E-state index contributed by atoms with van der Waals surface area (Å²) in [6.07, 6.45) is 1.12. The van der Waals surface area contributed by atoms with E-state index in [0.29, 0.717) is 6.54 Å². The highest BCUT2D eigenvalue weighted by atomic mass is 35.5. The maximum absolute atomic E-state index is 6.31. The molecule has 1 aromatic carbocycles. The lowest BCUT2D eigenvalue weighted by Gasteiger charge is -2.32. The molecular formula is C15H26ClN3. The fourth-order valence-corrected chi connectivity index (χ4v) is 2.52. The van der Waals surface area contributed by atoms with Gasteiger partial charge in [0.2, 0.25) is 0 Å². The summed E-state index contributed by atoms with van der Waals surface area (Å²) < 4.78 is 0. The molecule has 0 amide bonds. The highest BCUT2D eigenvalue weighted by Crippen LogP contribution is 2.26. The van der Waals surface area contributed by atoms with Crippen LogP contribution in [0.15, 0.2) is 24.3 Å². The summed E-state index contributed by atoms with van der Waals surface area (Å²) in [6, 6.07) is 8.21. The number of hydrogen-bond donors (Lipinski definition) is 1. The molecule has 0 fully saturated rings. The predicted molar refractivity (Wildman–Crippen MR) is 83.7 cm³/mol. The van der Waals surface area contributed by atoms with Gasteiger partial charge in [-0.2, -0.15) is 0 Å². The van der Waals surface area contributed by atoms with Gasteiger partial charge < -0.3 is 10.6 Å². The van der Waals surface area contributed by atoms with E-state index in [1.165, 1.54) is 0 Å². The molecule has 1 atom stereocenters. The monoisotopic (exact) mass is 283 g/mol. The Hall–Kier alpha value is -0.610. The van der Waals surface area contributed by atoms with E-state index in [1.54, 1.807) is 0 Å². The minimum atomic E-state index is 0.202. The predicted octanol–water partition coefficient (Wildman–Crippen LogP) is 2.61. The van der Waals surface area contributed by atoms with E-state index < -0.39 is 0 Å². The molecule has 0 aliphatic heterocycles. The quantitative estimate of drug-likeness (QED) is 0.796. The van der Waals surface area contributed by atoms with Crippen molar-refractivity contribution < 1.29 is 0 Å². The molecule has 0 aliphatic carbocycles. The Bertz CT molecular complexity index is 368. The maximum Gasteiger partial charge on any atom is 0.0485 e. The van der Waals surface area contributed by atoms with E-state index in [-0.39, 0.29) is 6.04 Å². The van der Waals surface area contributed by atoms with Crippen molar-refractivity contribution in [3.05, 3.63) is 34.9 Å². The first-order valence-electron chi connectivity index (χ1n) is 6.93. The van der Waals surface area contributed by atoms with Gasteiger partial charge in [-0.1, -0.05) is 36.7 Å². The molecule has 0 aromatic heterocycles. The van der Waals surface area contributed by atoms with Crippen molar-refractivity contribution >= 4 is 11.6 Å². The Balaban J connectivity index is 2.86. The van der Waals surface area contributed by atoms with E-state index in [1.807, 2.05) is 18.2 Å². The fourth-order valence-electron chi connectivity index (χ4n) is 2.26. The van der Waals surface area contributed by atoms with Crippen LogP contribution >= 0.6 is 11.6 Å². The molecule has 0 radical (unpaired) electrons. The van der Waals surface area contributed by atoms with Crippen molar-refractivity contribution in [2.45, 2.75) is 19.4 Å². The van der Waals surface area contributed by atoms with Gasteiger partial charge in [0.05, 0.1) is 0 Å². The number of nitrogens with zero attached hydrogens (tertiary/aromatic N) is 2. The topological polar surface area (TPSA) is 32.5 Å². The van der Waals surface area contributed by atoms with Crippen molar-refractivity contribution in [2.24, 2.45) is 5.73 Å². The highest BCUT2D eigenvalue weighted by molar-refractivity contribution is 6.31. The van der Waals surface area contributed by atoms with Gasteiger partial charge in [0, 0.05) is 30.7 Å². The van der Waals surface area contributed by atoms with Crippen LogP contribution in [-0.2, 0) is 0 Å². The Labute approximate surface area is 122 Å². The summed E-state index contributed by atoms with van der Waals surface area (Å²) in [6.45, 7) is 5.87. The Kier molecular flexibility index (Phi) is 7.39. The highest BCUT2D eigenvalue weighted by Gasteiger charge is 2.20. The number of benzene rings is 1. The zero-order valence-corrected chi connectivity index (χ0v) is 13.0. The smallest absolute Gasteiger partial charge is 0.0485 e. The van der Waals surface area contributed by atoms with Gasteiger partial charge in [-0.15, -0.1) is 0 Å². The average molecular weight is 284 g/mol. The van der Waals surface area contributed by atoms with E-state index >= 15 is 0 Å². The maximum atomic E-state index is 6.31. The summed E-state index contributed by atoms with van der Waals surface area (Å²) >= 11 is 6.31. The minimum absolute atomic E-state index is 0.202. The van der Waals surface area contributed by atoms with Crippen LogP contribution in [0.3, 0.4) is 0 Å². The molecule has 0 saturated heterocycles. The second-order valence-electron chi connectivity index (χ2n) is 5.11. The lowest BCUT2D eigenvalue weighted by molar-refractivity contribution is 0.182. The van der Waals surface area contributed by atoms with Crippen LogP contribution in [0, 0.1) is 0 Å². The molecule has 0 aliphatic rings. The molecule has 2 N–H and O–H groups in total. The van der Waals surface area contributed by atoms with Crippen molar-refractivity contribution in [3.63, 3.8) is 0 Å². The molecule has 3 nitrogen and oxygen atoms in total. The SMILES string of the molecule is CCCN(CCN(C)C)C(CN)c1ccccc1Cl. The van der Waals surface area contributed by atoms with Gasteiger partial charge in [-0.3, -0.25) is 4.90 Å². The van der Waals surface area contributed by atoms with E-state index in [2.05, 4.69) is 36.9 Å². The third-order valence-electron chi connectivity index (χ3n) is 3.27. The number of hydrogen-bond acceptors (Lipinski definition) is 3. The van der Waals surface area contributed by atoms with E-state index in [4.69, 9.17) is 17.3 Å². The molecule has 4 heteroatoms. The molecule has 0 saturated carbocycles. The van der Waals surface area contributed by atoms with Crippen LogP contribution in [0.2, 0.25) is 5.02 Å². The first-order valence-corrected chi connectivity index (χ1v) is 7.31. The van der Waals surface area contributed by atoms with E-state index in [9.17, 15) is 0 Å². The van der Waals surface area contributed by atoms with Gasteiger partial charge in [-0.25, -0.2) is 0 Å². The molecule has 0 spiro atoms. The van der Waals surface area contributed by atoms with Crippen LogP contribution < -0.4 is 5.73 Å². The van der Waals surface area contributed by atoms with Crippen molar-refractivity contribution in [2.75, 3.05) is 40.3 Å². The summed E-state index contributed by atoms with van der Waals surface area (Å²) in [4.78, 5) is 4.63. The summed E-state index contributed by atoms with van der Waals surface area (Å²) in [5, 5.41) is 0.809. The fraction of sp³-hybridized carbons (Fsp3) is 0.600. The number of halogens is 1. The molecule has 1 aromatic rings. The van der Waals surface area contributed by atoms with Crippen LogP contribution in [0.25, 0.3) is 0 Å². The second kappa shape index (κ2) is 8.54.